The van der Waals surface area contributed by atoms with Gasteiger partial charge in [-0.05, 0) is 48.9 Å². The molecule has 0 saturated carbocycles. The molecule has 1 aromatic rings. The lowest BCUT2D eigenvalue weighted by Crippen LogP contribution is -2.12. The summed E-state index contributed by atoms with van der Waals surface area (Å²) in [6.07, 6.45) is 4.74. The SMILES string of the molecule is Cl.NC(=O)c1ccc2c(c1)CCCC2. The minimum absolute atomic E-state index is 0. The number of rotatable bonds is 1. The Morgan fingerprint density at radius 3 is 2.43 bits per heavy atom. The van der Waals surface area contributed by atoms with Crippen molar-refractivity contribution in [3.8, 4) is 0 Å². The average molecular weight is 212 g/mol. The molecule has 0 atom stereocenters. The highest BCUT2D eigenvalue weighted by Crippen LogP contribution is 2.21. The Kier molecular flexibility index (Phi) is 3.53. The van der Waals surface area contributed by atoms with Gasteiger partial charge in [0.2, 0.25) is 5.91 Å². The Balaban J connectivity index is 0.000000980. The molecule has 0 aliphatic heterocycles. The van der Waals surface area contributed by atoms with Crippen LogP contribution in [0, 0.1) is 0 Å². The molecular formula is C11H14ClNO. The van der Waals surface area contributed by atoms with E-state index in [1.54, 1.807) is 0 Å². The first-order chi connectivity index (χ1) is 6.27. The molecule has 76 valence electrons. The van der Waals surface area contributed by atoms with E-state index in [0.29, 0.717) is 5.56 Å². The number of hydrogen-bond acceptors (Lipinski definition) is 1. The van der Waals surface area contributed by atoms with Crippen molar-refractivity contribution in [3.05, 3.63) is 34.9 Å². The Labute approximate surface area is 89.9 Å². The van der Waals surface area contributed by atoms with Crippen LogP contribution in [-0.4, -0.2) is 5.91 Å². The molecule has 0 spiro atoms. The molecule has 1 aliphatic rings. The first kappa shape index (κ1) is 11.1. The molecule has 0 unspecified atom stereocenters. The summed E-state index contributed by atoms with van der Waals surface area (Å²) in [6, 6.07) is 5.80. The van der Waals surface area contributed by atoms with E-state index >= 15 is 0 Å². The smallest absolute Gasteiger partial charge is 0.248 e. The minimum Gasteiger partial charge on any atom is -0.366 e. The van der Waals surface area contributed by atoms with Gasteiger partial charge in [0.1, 0.15) is 0 Å². The maximum absolute atomic E-state index is 10.9. The van der Waals surface area contributed by atoms with Gasteiger partial charge in [-0.2, -0.15) is 0 Å². The van der Waals surface area contributed by atoms with Crippen molar-refractivity contribution in [1.82, 2.24) is 0 Å². The van der Waals surface area contributed by atoms with Gasteiger partial charge in [-0.3, -0.25) is 4.79 Å². The summed E-state index contributed by atoms with van der Waals surface area (Å²) in [7, 11) is 0. The van der Waals surface area contributed by atoms with E-state index in [-0.39, 0.29) is 18.3 Å². The number of aryl methyl sites for hydroxylation is 2. The summed E-state index contributed by atoms with van der Waals surface area (Å²) in [5, 5.41) is 0. The fourth-order valence-electron chi connectivity index (χ4n) is 1.89. The Morgan fingerprint density at radius 1 is 1.14 bits per heavy atom. The number of halogens is 1. The van der Waals surface area contributed by atoms with Crippen LogP contribution in [0.2, 0.25) is 0 Å². The van der Waals surface area contributed by atoms with E-state index in [9.17, 15) is 4.79 Å². The lowest BCUT2D eigenvalue weighted by Gasteiger charge is -2.15. The van der Waals surface area contributed by atoms with E-state index in [2.05, 4.69) is 0 Å². The van der Waals surface area contributed by atoms with Crippen molar-refractivity contribution < 1.29 is 4.79 Å². The molecule has 1 aliphatic carbocycles. The third-order valence-electron chi connectivity index (χ3n) is 2.63. The summed E-state index contributed by atoms with van der Waals surface area (Å²) < 4.78 is 0. The van der Waals surface area contributed by atoms with Crippen LogP contribution in [0.15, 0.2) is 18.2 Å². The predicted octanol–water partition coefficient (Wildman–Crippen LogP) is 2.09. The van der Waals surface area contributed by atoms with Gasteiger partial charge in [-0.15, -0.1) is 12.4 Å². The molecule has 1 amide bonds. The van der Waals surface area contributed by atoms with E-state index in [0.717, 1.165) is 12.8 Å². The Hall–Kier alpha value is -1.02. The van der Waals surface area contributed by atoms with Crippen LogP contribution in [0.3, 0.4) is 0 Å². The predicted molar refractivity (Wildman–Crippen MR) is 58.8 cm³/mol. The first-order valence-electron chi connectivity index (χ1n) is 4.69. The van der Waals surface area contributed by atoms with Gasteiger partial charge in [0, 0.05) is 5.56 Å². The zero-order valence-corrected chi connectivity index (χ0v) is 8.77. The topological polar surface area (TPSA) is 43.1 Å². The first-order valence-corrected chi connectivity index (χ1v) is 4.69. The fraction of sp³-hybridized carbons (Fsp3) is 0.364. The zero-order chi connectivity index (χ0) is 9.26. The number of nitrogens with two attached hydrogens (primary N) is 1. The van der Waals surface area contributed by atoms with Gasteiger partial charge in [-0.25, -0.2) is 0 Å². The van der Waals surface area contributed by atoms with Gasteiger partial charge in [0.05, 0.1) is 0 Å². The van der Waals surface area contributed by atoms with Gasteiger partial charge in [0.25, 0.3) is 0 Å². The van der Waals surface area contributed by atoms with Gasteiger partial charge in [0.15, 0.2) is 0 Å². The summed E-state index contributed by atoms with van der Waals surface area (Å²) >= 11 is 0. The normalized spacial score (nSPS) is 14.0. The number of amides is 1. The van der Waals surface area contributed by atoms with Crippen LogP contribution in [0.25, 0.3) is 0 Å². The van der Waals surface area contributed by atoms with Crippen molar-refractivity contribution in [1.29, 1.82) is 0 Å². The summed E-state index contributed by atoms with van der Waals surface area (Å²) in [4.78, 5) is 10.9. The highest BCUT2D eigenvalue weighted by molar-refractivity contribution is 5.93. The standard InChI is InChI=1S/C11H13NO.ClH/c12-11(13)10-6-5-8-3-1-2-4-9(8)7-10;/h5-7H,1-4H2,(H2,12,13);1H. The molecule has 0 radical (unpaired) electrons. The lowest BCUT2D eigenvalue weighted by molar-refractivity contribution is 0.1000. The second-order valence-corrected chi connectivity index (χ2v) is 3.55. The van der Waals surface area contributed by atoms with Crippen molar-refractivity contribution in [2.75, 3.05) is 0 Å². The van der Waals surface area contributed by atoms with Crippen molar-refractivity contribution >= 4 is 18.3 Å². The molecule has 0 fully saturated rings. The summed E-state index contributed by atoms with van der Waals surface area (Å²) in [5.74, 6) is -0.326. The molecule has 2 N–H and O–H groups in total. The van der Waals surface area contributed by atoms with Crippen molar-refractivity contribution in [3.63, 3.8) is 0 Å². The zero-order valence-electron chi connectivity index (χ0n) is 7.95. The highest BCUT2D eigenvalue weighted by atomic mass is 35.5. The molecule has 3 heteroatoms. The average Bonchev–Trinajstić information content (AvgIpc) is 2.17. The molecule has 2 rings (SSSR count). The van der Waals surface area contributed by atoms with Crippen molar-refractivity contribution in [2.24, 2.45) is 5.73 Å². The number of fused-ring (bicyclic) bond motifs is 1. The molecule has 2 nitrogen and oxygen atoms in total. The third-order valence-corrected chi connectivity index (χ3v) is 2.63. The monoisotopic (exact) mass is 211 g/mol. The van der Waals surface area contributed by atoms with Crippen LogP contribution in [0.4, 0.5) is 0 Å². The van der Waals surface area contributed by atoms with E-state index in [1.807, 2.05) is 18.2 Å². The van der Waals surface area contributed by atoms with Crippen LogP contribution in [0.5, 0.6) is 0 Å². The Bertz CT molecular complexity index is 349. The maximum Gasteiger partial charge on any atom is 0.248 e. The van der Waals surface area contributed by atoms with Crippen LogP contribution in [-0.2, 0) is 12.8 Å². The van der Waals surface area contributed by atoms with E-state index in [1.165, 1.54) is 24.0 Å². The van der Waals surface area contributed by atoms with Crippen molar-refractivity contribution in [2.45, 2.75) is 25.7 Å². The quantitative estimate of drug-likeness (QED) is 0.760. The number of primary amides is 1. The Morgan fingerprint density at radius 2 is 1.79 bits per heavy atom. The second kappa shape index (κ2) is 4.47. The molecule has 1 aromatic carbocycles. The number of carbonyl (C=O) groups is 1. The molecule has 0 aromatic heterocycles. The van der Waals surface area contributed by atoms with E-state index < -0.39 is 0 Å². The van der Waals surface area contributed by atoms with Crippen LogP contribution >= 0.6 is 12.4 Å². The largest absolute Gasteiger partial charge is 0.366 e. The van der Waals surface area contributed by atoms with Gasteiger partial charge in [-0.1, -0.05) is 6.07 Å². The molecule has 0 bridgehead atoms. The number of carbonyl (C=O) groups excluding carboxylic acids is 1. The molecule has 0 heterocycles. The lowest BCUT2D eigenvalue weighted by atomic mass is 9.90. The third kappa shape index (κ3) is 2.07. The fourth-order valence-corrected chi connectivity index (χ4v) is 1.89. The van der Waals surface area contributed by atoms with E-state index in [4.69, 9.17) is 5.73 Å². The van der Waals surface area contributed by atoms with Crippen LogP contribution < -0.4 is 5.73 Å². The number of hydrogen-bond donors (Lipinski definition) is 1. The minimum atomic E-state index is -0.326. The second-order valence-electron chi connectivity index (χ2n) is 3.55. The molecule has 0 saturated heterocycles. The highest BCUT2D eigenvalue weighted by Gasteiger charge is 2.10. The van der Waals surface area contributed by atoms with Crippen LogP contribution in [0.1, 0.15) is 34.3 Å². The van der Waals surface area contributed by atoms with Gasteiger partial charge < -0.3 is 5.73 Å². The summed E-state index contributed by atoms with van der Waals surface area (Å²) in [5.41, 5.74) is 8.54. The van der Waals surface area contributed by atoms with Gasteiger partial charge >= 0.3 is 0 Å². The maximum atomic E-state index is 10.9. The molecular weight excluding hydrogens is 198 g/mol. The molecule has 14 heavy (non-hydrogen) atoms. The number of benzene rings is 1. The summed E-state index contributed by atoms with van der Waals surface area (Å²) in [6.45, 7) is 0.